The van der Waals surface area contributed by atoms with E-state index in [9.17, 15) is 8.78 Å². The molecule has 0 radical (unpaired) electrons. The van der Waals surface area contributed by atoms with Gasteiger partial charge < -0.3 is 10.2 Å². The van der Waals surface area contributed by atoms with Crippen molar-refractivity contribution in [2.24, 2.45) is 0 Å². The molecule has 0 bridgehead atoms. The molecule has 1 aromatic carbocycles. The van der Waals surface area contributed by atoms with Crippen molar-refractivity contribution in [1.29, 1.82) is 0 Å². The average molecular weight is 445 g/mol. The van der Waals surface area contributed by atoms with Crippen molar-refractivity contribution in [2.75, 3.05) is 18.0 Å². The monoisotopic (exact) mass is 444 g/mol. The van der Waals surface area contributed by atoms with Gasteiger partial charge in [-0.2, -0.15) is 5.10 Å². The van der Waals surface area contributed by atoms with Crippen LogP contribution in [0.25, 0.3) is 11.3 Å². The third-order valence-corrected chi connectivity index (χ3v) is 6.15. The first kappa shape index (κ1) is 20.3. The minimum Gasteiger partial charge on any atom is -0.351 e. The average Bonchev–Trinajstić information content (AvgIpc) is 3.48. The van der Waals surface area contributed by atoms with Crippen LogP contribution in [0.1, 0.15) is 30.5 Å². The normalized spacial score (nSPS) is 15.9. The smallest absolute Gasteiger partial charge is 0.151 e. The molecule has 1 N–H and O–H groups in total. The van der Waals surface area contributed by atoms with E-state index in [1.165, 1.54) is 12.8 Å². The lowest BCUT2D eigenvalue weighted by Crippen LogP contribution is -2.31. The quantitative estimate of drug-likeness (QED) is 0.559. The fourth-order valence-electron chi connectivity index (χ4n) is 3.86. The highest BCUT2D eigenvalue weighted by atomic mass is 35.5. The fraction of sp³-hybridized carbons (Fsp3) is 0.409. The highest BCUT2D eigenvalue weighted by molar-refractivity contribution is 6.31. The summed E-state index contributed by atoms with van der Waals surface area (Å²) >= 11 is 6.05. The number of anilines is 1. The number of aryl methyl sites for hydroxylation is 1. The molecule has 0 spiro atoms. The molecule has 0 saturated heterocycles. The Morgan fingerprint density at radius 2 is 2.00 bits per heavy atom. The van der Waals surface area contributed by atoms with Crippen molar-refractivity contribution in [3.63, 3.8) is 0 Å². The van der Waals surface area contributed by atoms with Crippen LogP contribution in [-0.2, 0) is 19.5 Å². The summed E-state index contributed by atoms with van der Waals surface area (Å²) in [5, 5.41) is 7.72. The summed E-state index contributed by atoms with van der Waals surface area (Å²) in [5.41, 5.74) is 2.57. The van der Waals surface area contributed by atoms with E-state index in [1.807, 2.05) is 15.8 Å². The Morgan fingerprint density at radius 3 is 2.84 bits per heavy atom. The maximum absolute atomic E-state index is 14.3. The standard InChI is InChI=1S/C22H23ClF2N6/c23-21-16(17(24)5-6-18(21)25)13-30-8-1-2-19-22(30)29-20(11-27-19)14-10-28-31(12-14)9-7-26-15-3-4-15/h5-6,10-12,15,26H,1-4,7-9,13H2. The molecule has 1 fully saturated rings. The minimum absolute atomic E-state index is 0.137. The van der Waals surface area contributed by atoms with Gasteiger partial charge in [0.15, 0.2) is 5.82 Å². The molecule has 0 amide bonds. The van der Waals surface area contributed by atoms with Gasteiger partial charge in [-0.25, -0.2) is 13.8 Å². The number of benzene rings is 1. The Labute approximate surface area is 184 Å². The van der Waals surface area contributed by atoms with Gasteiger partial charge in [-0.1, -0.05) is 11.6 Å². The summed E-state index contributed by atoms with van der Waals surface area (Å²) in [4.78, 5) is 11.3. The van der Waals surface area contributed by atoms with Crippen LogP contribution >= 0.6 is 11.6 Å². The Morgan fingerprint density at radius 1 is 1.16 bits per heavy atom. The third kappa shape index (κ3) is 4.41. The predicted octanol–water partition coefficient (Wildman–Crippen LogP) is 3.98. The molecule has 3 heterocycles. The number of rotatable bonds is 7. The zero-order valence-electron chi connectivity index (χ0n) is 17.0. The van der Waals surface area contributed by atoms with E-state index < -0.39 is 11.6 Å². The lowest BCUT2D eigenvalue weighted by atomic mass is 10.1. The first-order valence-corrected chi connectivity index (χ1v) is 11.0. The van der Waals surface area contributed by atoms with E-state index in [4.69, 9.17) is 16.6 Å². The third-order valence-electron chi connectivity index (χ3n) is 5.74. The van der Waals surface area contributed by atoms with E-state index in [2.05, 4.69) is 15.4 Å². The maximum Gasteiger partial charge on any atom is 0.151 e. The van der Waals surface area contributed by atoms with Crippen LogP contribution < -0.4 is 10.2 Å². The van der Waals surface area contributed by atoms with Crippen LogP contribution in [0.5, 0.6) is 0 Å². The SMILES string of the molecule is Fc1ccc(F)c(CN2CCCc3ncc(-c4cnn(CCNC5CC5)c4)nc32)c1Cl. The molecule has 31 heavy (non-hydrogen) atoms. The molecule has 1 aliphatic heterocycles. The summed E-state index contributed by atoms with van der Waals surface area (Å²) in [6.07, 6.45) is 9.67. The molecule has 2 aromatic heterocycles. The molecular weight excluding hydrogens is 422 g/mol. The van der Waals surface area contributed by atoms with E-state index in [1.54, 1.807) is 12.4 Å². The summed E-state index contributed by atoms with van der Waals surface area (Å²) in [7, 11) is 0. The summed E-state index contributed by atoms with van der Waals surface area (Å²) in [5.74, 6) is -0.464. The van der Waals surface area contributed by atoms with Gasteiger partial charge in [0, 0.05) is 43.0 Å². The second-order valence-electron chi connectivity index (χ2n) is 8.09. The van der Waals surface area contributed by atoms with Crippen molar-refractivity contribution >= 4 is 17.4 Å². The Bertz CT molecular complexity index is 1100. The first-order valence-electron chi connectivity index (χ1n) is 10.6. The van der Waals surface area contributed by atoms with Crippen LogP contribution in [0.15, 0.2) is 30.7 Å². The zero-order valence-corrected chi connectivity index (χ0v) is 17.7. The van der Waals surface area contributed by atoms with E-state index in [0.717, 1.165) is 49.3 Å². The van der Waals surface area contributed by atoms with E-state index in [-0.39, 0.29) is 17.1 Å². The van der Waals surface area contributed by atoms with Gasteiger partial charge in [-0.05, 0) is 37.8 Å². The number of hydrogen-bond acceptors (Lipinski definition) is 5. The predicted molar refractivity (Wildman–Crippen MR) is 115 cm³/mol. The fourth-order valence-corrected chi connectivity index (χ4v) is 4.08. The van der Waals surface area contributed by atoms with Gasteiger partial charge in [-0.3, -0.25) is 9.67 Å². The number of nitrogens with zero attached hydrogens (tertiary/aromatic N) is 5. The Balaban J connectivity index is 1.37. The molecule has 3 aromatic rings. The van der Waals surface area contributed by atoms with Gasteiger partial charge in [0.05, 0.1) is 35.3 Å². The maximum atomic E-state index is 14.3. The molecule has 162 valence electrons. The van der Waals surface area contributed by atoms with Crippen LogP contribution in [0.3, 0.4) is 0 Å². The van der Waals surface area contributed by atoms with Gasteiger partial charge >= 0.3 is 0 Å². The second kappa shape index (κ2) is 8.51. The summed E-state index contributed by atoms with van der Waals surface area (Å²) in [6, 6.07) is 2.82. The lowest BCUT2D eigenvalue weighted by Gasteiger charge is -2.30. The molecule has 9 heteroatoms. The highest BCUT2D eigenvalue weighted by Gasteiger charge is 2.24. The molecule has 0 unspecified atom stereocenters. The van der Waals surface area contributed by atoms with E-state index in [0.29, 0.717) is 24.1 Å². The largest absolute Gasteiger partial charge is 0.351 e. The minimum atomic E-state index is -0.626. The second-order valence-corrected chi connectivity index (χ2v) is 8.47. The number of aromatic nitrogens is 4. The highest BCUT2D eigenvalue weighted by Crippen LogP contribution is 2.31. The van der Waals surface area contributed by atoms with Gasteiger partial charge in [0.1, 0.15) is 11.6 Å². The van der Waals surface area contributed by atoms with E-state index >= 15 is 0 Å². The van der Waals surface area contributed by atoms with Crippen LogP contribution in [-0.4, -0.2) is 38.9 Å². The molecule has 1 aliphatic carbocycles. The first-order chi connectivity index (χ1) is 15.1. The number of hydrogen-bond donors (Lipinski definition) is 1. The molecule has 5 rings (SSSR count). The molecular formula is C22H23ClF2N6. The number of nitrogens with one attached hydrogen (secondary N) is 1. The Kier molecular flexibility index (Phi) is 5.58. The van der Waals surface area contributed by atoms with Crippen LogP contribution in [0.4, 0.5) is 14.6 Å². The van der Waals surface area contributed by atoms with Crippen molar-refractivity contribution in [1.82, 2.24) is 25.1 Å². The summed E-state index contributed by atoms with van der Waals surface area (Å²) < 4.78 is 30.1. The van der Waals surface area contributed by atoms with Crippen LogP contribution in [0.2, 0.25) is 5.02 Å². The number of fused-ring (bicyclic) bond motifs is 1. The molecule has 1 saturated carbocycles. The topological polar surface area (TPSA) is 58.9 Å². The zero-order chi connectivity index (χ0) is 21.4. The number of halogens is 3. The van der Waals surface area contributed by atoms with Gasteiger partial charge in [0.25, 0.3) is 0 Å². The van der Waals surface area contributed by atoms with Crippen molar-refractivity contribution in [3.05, 3.63) is 58.6 Å². The molecule has 2 aliphatic rings. The van der Waals surface area contributed by atoms with Crippen molar-refractivity contribution in [2.45, 2.75) is 44.8 Å². The van der Waals surface area contributed by atoms with Gasteiger partial charge in [-0.15, -0.1) is 0 Å². The lowest BCUT2D eigenvalue weighted by molar-refractivity contribution is 0.553. The van der Waals surface area contributed by atoms with Gasteiger partial charge in [0.2, 0.25) is 0 Å². The molecule has 6 nitrogen and oxygen atoms in total. The van der Waals surface area contributed by atoms with Crippen LogP contribution in [0, 0.1) is 11.6 Å². The Hall–Kier alpha value is -2.58. The van der Waals surface area contributed by atoms with Crippen molar-refractivity contribution < 1.29 is 8.78 Å². The van der Waals surface area contributed by atoms with Crippen molar-refractivity contribution in [3.8, 4) is 11.3 Å². The summed E-state index contributed by atoms with van der Waals surface area (Å²) in [6.45, 7) is 2.48. The molecule has 0 atom stereocenters.